The quantitative estimate of drug-likeness (QED) is 0.895. The van der Waals surface area contributed by atoms with Gasteiger partial charge in [-0.1, -0.05) is 6.07 Å². The van der Waals surface area contributed by atoms with Crippen LogP contribution in [0.25, 0.3) is 0 Å². The number of hydrogen-bond acceptors (Lipinski definition) is 3. The third-order valence-corrected chi connectivity index (χ3v) is 2.68. The van der Waals surface area contributed by atoms with E-state index in [1.165, 1.54) is 18.2 Å². The molecule has 6 heteroatoms. The number of rotatable bonds is 4. The number of hydrogen-bond donors (Lipinski definition) is 2. The average molecular weight is 297 g/mol. The Labute approximate surface area is 123 Å². The molecule has 0 aliphatic rings. The van der Waals surface area contributed by atoms with Crippen molar-refractivity contribution in [3.8, 4) is 0 Å². The van der Waals surface area contributed by atoms with Crippen molar-refractivity contribution in [2.45, 2.75) is 45.8 Å². The van der Waals surface area contributed by atoms with Crippen LogP contribution in [0.15, 0.2) is 18.2 Å². The summed E-state index contributed by atoms with van der Waals surface area (Å²) < 4.78 is 18.2. The molecule has 116 valence electrons. The van der Waals surface area contributed by atoms with Crippen LogP contribution >= 0.6 is 0 Å². The van der Waals surface area contributed by atoms with Crippen LogP contribution in [0.4, 0.5) is 9.18 Å². The van der Waals surface area contributed by atoms with Crippen molar-refractivity contribution < 1.29 is 23.8 Å². The summed E-state index contributed by atoms with van der Waals surface area (Å²) in [6, 6.07) is 3.21. The van der Waals surface area contributed by atoms with E-state index in [-0.39, 0.29) is 6.42 Å². The third kappa shape index (κ3) is 5.81. The lowest BCUT2D eigenvalue weighted by atomic mass is 9.99. The minimum Gasteiger partial charge on any atom is -0.481 e. The smallest absolute Gasteiger partial charge is 0.408 e. The van der Waals surface area contributed by atoms with Crippen molar-refractivity contribution in [1.82, 2.24) is 5.32 Å². The largest absolute Gasteiger partial charge is 0.481 e. The van der Waals surface area contributed by atoms with Crippen LogP contribution in [0.5, 0.6) is 0 Å². The van der Waals surface area contributed by atoms with Crippen molar-refractivity contribution in [3.05, 3.63) is 35.1 Å². The number of carboxylic acids is 1. The molecule has 0 radical (unpaired) electrons. The molecule has 1 rings (SSSR count). The maximum atomic E-state index is 13.1. The van der Waals surface area contributed by atoms with Gasteiger partial charge in [0.15, 0.2) is 0 Å². The number of carbonyl (C=O) groups excluding carboxylic acids is 1. The zero-order valence-corrected chi connectivity index (χ0v) is 12.6. The van der Waals surface area contributed by atoms with E-state index in [0.717, 1.165) is 0 Å². The molecule has 0 fully saturated rings. The predicted octanol–water partition coefficient (Wildman–Crippen LogP) is 3.17. The predicted molar refractivity (Wildman–Crippen MR) is 75.5 cm³/mol. The van der Waals surface area contributed by atoms with Gasteiger partial charge in [-0.05, 0) is 51.0 Å². The van der Waals surface area contributed by atoms with Gasteiger partial charge >= 0.3 is 12.1 Å². The normalized spacial score (nSPS) is 12.6. The monoisotopic (exact) mass is 297 g/mol. The lowest BCUT2D eigenvalue weighted by Crippen LogP contribution is -2.36. The molecule has 1 aromatic carbocycles. The Morgan fingerprint density at radius 3 is 2.48 bits per heavy atom. The highest BCUT2D eigenvalue weighted by Gasteiger charge is 2.23. The molecule has 0 bridgehead atoms. The van der Waals surface area contributed by atoms with Gasteiger partial charge < -0.3 is 15.2 Å². The van der Waals surface area contributed by atoms with Crippen molar-refractivity contribution >= 4 is 12.1 Å². The van der Waals surface area contributed by atoms with Crippen LogP contribution in [-0.2, 0) is 9.53 Å². The molecule has 0 aromatic heterocycles. The molecule has 1 aromatic rings. The fraction of sp³-hybridized carbons (Fsp3) is 0.467. The Morgan fingerprint density at radius 1 is 1.38 bits per heavy atom. The lowest BCUT2D eigenvalue weighted by molar-refractivity contribution is -0.137. The van der Waals surface area contributed by atoms with E-state index >= 15 is 0 Å². The first-order chi connectivity index (χ1) is 9.58. The van der Waals surface area contributed by atoms with Crippen LogP contribution in [-0.4, -0.2) is 22.8 Å². The van der Waals surface area contributed by atoms with E-state index in [0.29, 0.717) is 11.1 Å². The Bertz CT molecular complexity index is 537. The van der Waals surface area contributed by atoms with Crippen molar-refractivity contribution in [3.63, 3.8) is 0 Å². The summed E-state index contributed by atoms with van der Waals surface area (Å²) in [4.78, 5) is 22.8. The summed E-state index contributed by atoms with van der Waals surface area (Å²) in [6.07, 6.45) is -1.02. The van der Waals surface area contributed by atoms with E-state index in [1.54, 1.807) is 27.7 Å². The Hall–Kier alpha value is -2.11. The van der Waals surface area contributed by atoms with Gasteiger partial charge in [-0.3, -0.25) is 4.79 Å². The molecule has 1 atom stereocenters. The number of nitrogens with one attached hydrogen (secondary N) is 1. The fourth-order valence-corrected chi connectivity index (χ4v) is 1.89. The van der Waals surface area contributed by atoms with E-state index in [9.17, 15) is 14.0 Å². The Kier molecular flexibility index (Phi) is 5.29. The topological polar surface area (TPSA) is 75.6 Å². The minimum absolute atomic E-state index is 0.314. The van der Waals surface area contributed by atoms with Crippen LogP contribution < -0.4 is 5.32 Å². The summed E-state index contributed by atoms with van der Waals surface area (Å²) >= 11 is 0. The Balaban J connectivity index is 2.95. The summed E-state index contributed by atoms with van der Waals surface area (Å²) in [6.45, 7) is 6.79. The summed E-state index contributed by atoms with van der Waals surface area (Å²) in [5.74, 6) is -1.48. The number of carbonyl (C=O) groups is 2. The molecular weight excluding hydrogens is 277 g/mol. The molecular formula is C15H20FNO4. The molecule has 1 amide bonds. The number of benzene rings is 1. The third-order valence-electron chi connectivity index (χ3n) is 2.68. The molecule has 2 N–H and O–H groups in total. The molecule has 0 unspecified atom stereocenters. The number of alkyl carbamates (subject to hydrolysis) is 1. The number of halogens is 1. The second-order valence-corrected chi connectivity index (χ2v) is 5.80. The number of amides is 1. The number of aliphatic carboxylic acids is 1. The molecule has 0 aliphatic carbocycles. The summed E-state index contributed by atoms with van der Waals surface area (Å²) in [5, 5.41) is 11.5. The highest BCUT2D eigenvalue weighted by Crippen LogP contribution is 2.22. The van der Waals surface area contributed by atoms with Crippen LogP contribution in [0.2, 0.25) is 0 Å². The zero-order valence-electron chi connectivity index (χ0n) is 12.6. The molecule has 0 spiro atoms. The fourth-order valence-electron chi connectivity index (χ4n) is 1.89. The van der Waals surface area contributed by atoms with Gasteiger partial charge in [0.2, 0.25) is 0 Å². The van der Waals surface area contributed by atoms with Gasteiger partial charge in [-0.15, -0.1) is 0 Å². The molecule has 21 heavy (non-hydrogen) atoms. The number of aryl methyl sites for hydroxylation is 1. The van der Waals surface area contributed by atoms with Crippen LogP contribution in [0, 0.1) is 12.7 Å². The van der Waals surface area contributed by atoms with Crippen molar-refractivity contribution in [2.24, 2.45) is 0 Å². The number of ether oxygens (including phenoxy) is 1. The molecule has 0 heterocycles. The number of carboxylic acid groups (broad SMARTS) is 1. The molecule has 0 aliphatic heterocycles. The van der Waals surface area contributed by atoms with Gasteiger partial charge in [-0.25, -0.2) is 9.18 Å². The highest BCUT2D eigenvalue weighted by atomic mass is 19.1. The van der Waals surface area contributed by atoms with E-state index in [4.69, 9.17) is 9.84 Å². The van der Waals surface area contributed by atoms with Gasteiger partial charge in [0.25, 0.3) is 0 Å². The van der Waals surface area contributed by atoms with Crippen LogP contribution in [0.1, 0.15) is 44.4 Å². The van der Waals surface area contributed by atoms with Crippen LogP contribution in [0.3, 0.4) is 0 Å². The van der Waals surface area contributed by atoms with Gasteiger partial charge in [0, 0.05) is 0 Å². The first kappa shape index (κ1) is 16.9. The standard InChI is InChI=1S/C15H20FNO4/c1-9-7-10(16)5-6-11(9)12(8-13(18)19)17-14(20)21-15(2,3)4/h5-7,12H,8H2,1-4H3,(H,17,20)(H,18,19)/t12-/m1/s1. The summed E-state index contributed by atoms with van der Waals surface area (Å²) in [5.41, 5.74) is 0.428. The summed E-state index contributed by atoms with van der Waals surface area (Å²) in [7, 11) is 0. The molecule has 0 saturated carbocycles. The van der Waals surface area contributed by atoms with Gasteiger partial charge in [0.05, 0.1) is 12.5 Å². The second-order valence-electron chi connectivity index (χ2n) is 5.80. The van der Waals surface area contributed by atoms with Gasteiger partial charge in [-0.2, -0.15) is 0 Å². The van der Waals surface area contributed by atoms with Crippen molar-refractivity contribution in [1.29, 1.82) is 0 Å². The molecule has 0 saturated heterocycles. The van der Waals surface area contributed by atoms with E-state index < -0.39 is 29.5 Å². The maximum Gasteiger partial charge on any atom is 0.408 e. The SMILES string of the molecule is Cc1cc(F)ccc1[C@@H](CC(=O)O)NC(=O)OC(C)(C)C. The first-order valence-corrected chi connectivity index (χ1v) is 6.56. The molecule has 5 nitrogen and oxygen atoms in total. The highest BCUT2D eigenvalue weighted by molar-refractivity contribution is 5.72. The zero-order chi connectivity index (χ0) is 16.2. The van der Waals surface area contributed by atoms with Gasteiger partial charge in [0.1, 0.15) is 11.4 Å². The Morgan fingerprint density at radius 2 is 2.00 bits per heavy atom. The van der Waals surface area contributed by atoms with E-state index in [2.05, 4.69) is 5.32 Å². The van der Waals surface area contributed by atoms with Crippen molar-refractivity contribution in [2.75, 3.05) is 0 Å². The van der Waals surface area contributed by atoms with E-state index in [1.807, 2.05) is 0 Å². The first-order valence-electron chi connectivity index (χ1n) is 6.56. The average Bonchev–Trinajstić information content (AvgIpc) is 2.24. The maximum absolute atomic E-state index is 13.1. The lowest BCUT2D eigenvalue weighted by Gasteiger charge is -2.24. The second kappa shape index (κ2) is 6.56. The minimum atomic E-state index is -1.07.